The fraction of sp³-hybridized carbons (Fsp3) is 0.261. The van der Waals surface area contributed by atoms with E-state index in [0.29, 0.717) is 37.0 Å². The number of amides is 1. The van der Waals surface area contributed by atoms with Gasteiger partial charge in [0.1, 0.15) is 11.6 Å². The molecule has 0 unspecified atom stereocenters. The lowest BCUT2D eigenvalue weighted by molar-refractivity contribution is 0.149. The maximum atomic E-state index is 12.5. The lowest BCUT2D eigenvalue weighted by atomic mass is 10.1. The molecule has 0 spiro atoms. The molecular weight excluding hydrogens is 400 g/mol. The molecule has 154 valence electrons. The van der Waals surface area contributed by atoms with Gasteiger partial charge in [-0.1, -0.05) is 29.8 Å². The minimum absolute atomic E-state index is 0.327. The summed E-state index contributed by atoms with van der Waals surface area (Å²) < 4.78 is 5.55. The molecule has 3 aromatic rings. The van der Waals surface area contributed by atoms with Gasteiger partial charge in [0.2, 0.25) is 0 Å². The largest absolute Gasteiger partial charge is 0.415 e. The van der Waals surface area contributed by atoms with E-state index in [2.05, 4.69) is 20.9 Å². The Morgan fingerprint density at radius 2 is 1.73 bits per heavy atom. The SMILES string of the molecule is Cc1ccc(Cc2ccc(OC(=O)N3CCN(c4ccc(Cl)cn4)CC3)cc2)nc1. The molecular formula is C23H23ClN4O2. The molecule has 0 N–H and O–H groups in total. The maximum absolute atomic E-state index is 12.5. The van der Waals surface area contributed by atoms with Gasteiger partial charge in [0, 0.05) is 50.7 Å². The third-order valence-corrected chi connectivity index (χ3v) is 5.28. The number of carbonyl (C=O) groups excluding carboxylic acids is 1. The molecule has 1 amide bonds. The molecule has 7 heteroatoms. The van der Waals surface area contributed by atoms with Gasteiger partial charge in [0.25, 0.3) is 0 Å². The summed E-state index contributed by atoms with van der Waals surface area (Å²) in [6.45, 7) is 4.59. The molecule has 0 saturated carbocycles. The molecule has 3 heterocycles. The number of rotatable bonds is 4. The third-order valence-electron chi connectivity index (χ3n) is 5.06. The first-order valence-corrected chi connectivity index (χ1v) is 10.3. The van der Waals surface area contributed by atoms with Crippen LogP contribution in [0.15, 0.2) is 60.9 Å². The van der Waals surface area contributed by atoms with Crippen molar-refractivity contribution in [2.75, 3.05) is 31.1 Å². The van der Waals surface area contributed by atoms with Gasteiger partial charge >= 0.3 is 6.09 Å². The molecule has 1 aliphatic heterocycles. The monoisotopic (exact) mass is 422 g/mol. The van der Waals surface area contributed by atoms with Crippen molar-refractivity contribution in [2.24, 2.45) is 0 Å². The van der Waals surface area contributed by atoms with Gasteiger partial charge in [0.15, 0.2) is 0 Å². The number of hydrogen-bond acceptors (Lipinski definition) is 5. The highest BCUT2D eigenvalue weighted by Gasteiger charge is 2.23. The number of benzene rings is 1. The lowest BCUT2D eigenvalue weighted by Gasteiger charge is -2.34. The first kappa shape index (κ1) is 20.2. The Bertz CT molecular complexity index is 983. The number of ether oxygens (including phenoxy) is 1. The molecule has 4 rings (SSSR count). The molecule has 0 bridgehead atoms. The summed E-state index contributed by atoms with van der Waals surface area (Å²) in [5.74, 6) is 1.41. The van der Waals surface area contributed by atoms with E-state index in [1.807, 2.05) is 55.6 Å². The Morgan fingerprint density at radius 3 is 2.37 bits per heavy atom. The second-order valence-corrected chi connectivity index (χ2v) is 7.76. The molecule has 0 aliphatic carbocycles. The van der Waals surface area contributed by atoms with Crippen molar-refractivity contribution in [2.45, 2.75) is 13.3 Å². The van der Waals surface area contributed by atoms with E-state index < -0.39 is 0 Å². The van der Waals surface area contributed by atoms with Crippen LogP contribution in [0.3, 0.4) is 0 Å². The molecule has 0 radical (unpaired) electrons. The van der Waals surface area contributed by atoms with Crippen LogP contribution in [0.25, 0.3) is 0 Å². The number of anilines is 1. The van der Waals surface area contributed by atoms with Crippen LogP contribution >= 0.6 is 11.6 Å². The van der Waals surface area contributed by atoms with E-state index in [1.54, 1.807) is 11.1 Å². The second-order valence-electron chi connectivity index (χ2n) is 7.32. The molecule has 6 nitrogen and oxygen atoms in total. The first-order valence-electron chi connectivity index (χ1n) is 9.90. The average molecular weight is 423 g/mol. The van der Waals surface area contributed by atoms with Crippen molar-refractivity contribution in [1.29, 1.82) is 0 Å². The topological polar surface area (TPSA) is 58.6 Å². The number of nitrogens with zero attached hydrogens (tertiary/aromatic N) is 4. The number of carbonyl (C=O) groups is 1. The Balaban J connectivity index is 1.28. The maximum Gasteiger partial charge on any atom is 0.415 e. The van der Waals surface area contributed by atoms with Crippen molar-refractivity contribution in [3.8, 4) is 5.75 Å². The Hall–Kier alpha value is -3.12. The summed E-state index contributed by atoms with van der Waals surface area (Å²) in [6, 6.07) is 15.4. The minimum Gasteiger partial charge on any atom is -0.410 e. The zero-order valence-corrected chi connectivity index (χ0v) is 17.5. The summed E-state index contributed by atoms with van der Waals surface area (Å²) >= 11 is 5.89. The fourth-order valence-electron chi connectivity index (χ4n) is 3.33. The third kappa shape index (κ3) is 5.07. The summed E-state index contributed by atoms with van der Waals surface area (Å²) in [5, 5.41) is 0.613. The molecule has 1 fully saturated rings. The van der Waals surface area contributed by atoms with Crippen molar-refractivity contribution in [3.63, 3.8) is 0 Å². The number of halogens is 1. The van der Waals surface area contributed by atoms with E-state index >= 15 is 0 Å². The highest BCUT2D eigenvalue weighted by molar-refractivity contribution is 6.30. The average Bonchev–Trinajstić information content (AvgIpc) is 2.77. The van der Waals surface area contributed by atoms with Crippen LogP contribution in [0.2, 0.25) is 5.02 Å². The molecule has 2 aromatic heterocycles. The predicted molar refractivity (Wildman–Crippen MR) is 117 cm³/mol. The quantitative estimate of drug-likeness (QED) is 0.625. The van der Waals surface area contributed by atoms with Crippen LogP contribution < -0.4 is 9.64 Å². The second kappa shape index (κ2) is 9.13. The van der Waals surface area contributed by atoms with Crippen LogP contribution in [0.5, 0.6) is 5.75 Å². The fourth-order valence-corrected chi connectivity index (χ4v) is 3.44. The summed E-state index contributed by atoms with van der Waals surface area (Å²) in [5.41, 5.74) is 3.28. The normalized spacial score (nSPS) is 13.9. The molecule has 1 aromatic carbocycles. The van der Waals surface area contributed by atoms with Crippen molar-refractivity contribution in [1.82, 2.24) is 14.9 Å². The van der Waals surface area contributed by atoms with Crippen molar-refractivity contribution >= 4 is 23.5 Å². The smallest absolute Gasteiger partial charge is 0.410 e. The van der Waals surface area contributed by atoms with Crippen LogP contribution in [-0.2, 0) is 6.42 Å². The van der Waals surface area contributed by atoms with Crippen LogP contribution in [-0.4, -0.2) is 47.1 Å². The number of aryl methyl sites for hydroxylation is 1. The van der Waals surface area contributed by atoms with Crippen LogP contribution in [0.4, 0.5) is 10.6 Å². The minimum atomic E-state index is -0.327. The molecule has 1 aliphatic rings. The van der Waals surface area contributed by atoms with E-state index in [4.69, 9.17) is 16.3 Å². The zero-order chi connectivity index (χ0) is 20.9. The zero-order valence-electron chi connectivity index (χ0n) is 16.8. The van der Waals surface area contributed by atoms with Gasteiger partial charge in [-0.05, 0) is 48.4 Å². The van der Waals surface area contributed by atoms with E-state index in [9.17, 15) is 4.79 Å². The van der Waals surface area contributed by atoms with Gasteiger partial charge < -0.3 is 14.5 Å². The number of pyridine rings is 2. The van der Waals surface area contributed by atoms with Gasteiger partial charge in [0.05, 0.1) is 5.02 Å². The Kier molecular flexibility index (Phi) is 6.14. The summed E-state index contributed by atoms with van der Waals surface area (Å²) in [4.78, 5) is 25.1. The van der Waals surface area contributed by atoms with E-state index in [-0.39, 0.29) is 6.09 Å². The summed E-state index contributed by atoms with van der Waals surface area (Å²) in [7, 11) is 0. The number of aromatic nitrogens is 2. The predicted octanol–water partition coefficient (Wildman–Crippen LogP) is 4.35. The van der Waals surface area contributed by atoms with Crippen molar-refractivity contribution < 1.29 is 9.53 Å². The van der Waals surface area contributed by atoms with E-state index in [1.165, 1.54) is 0 Å². The molecule has 0 atom stereocenters. The van der Waals surface area contributed by atoms with Gasteiger partial charge in [-0.2, -0.15) is 0 Å². The lowest BCUT2D eigenvalue weighted by Crippen LogP contribution is -2.49. The number of piperazine rings is 1. The standard InChI is InChI=1S/C23H23ClN4O2/c1-17-2-6-20(25-15-17)14-18-3-7-21(8-4-18)30-23(29)28-12-10-27(11-13-28)22-9-5-19(24)16-26-22/h2-9,15-16H,10-14H2,1H3. The van der Waals surface area contributed by atoms with Gasteiger partial charge in [-0.25, -0.2) is 9.78 Å². The van der Waals surface area contributed by atoms with Gasteiger partial charge in [-0.15, -0.1) is 0 Å². The van der Waals surface area contributed by atoms with Crippen molar-refractivity contribution in [3.05, 3.63) is 82.8 Å². The Labute approximate surface area is 181 Å². The highest BCUT2D eigenvalue weighted by Crippen LogP contribution is 2.18. The Morgan fingerprint density at radius 1 is 0.967 bits per heavy atom. The van der Waals surface area contributed by atoms with Crippen LogP contribution in [0, 0.1) is 6.92 Å². The van der Waals surface area contributed by atoms with Gasteiger partial charge in [-0.3, -0.25) is 4.98 Å². The molecule has 30 heavy (non-hydrogen) atoms. The highest BCUT2D eigenvalue weighted by atomic mass is 35.5. The first-order chi connectivity index (χ1) is 14.6. The summed E-state index contributed by atoms with van der Waals surface area (Å²) in [6.07, 6.45) is 3.92. The van der Waals surface area contributed by atoms with E-state index in [0.717, 1.165) is 29.1 Å². The van der Waals surface area contributed by atoms with Crippen LogP contribution in [0.1, 0.15) is 16.8 Å². The molecule has 1 saturated heterocycles. The number of hydrogen-bond donors (Lipinski definition) is 0.